The van der Waals surface area contributed by atoms with Gasteiger partial charge < -0.3 is 24.0 Å². The minimum Gasteiger partial charge on any atom is -0.493 e. The Morgan fingerprint density at radius 2 is 1.58 bits per heavy atom. The minimum absolute atomic E-state index is 0.152. The molecule has 26 heavy (non-hydrogen) atoms. The third-order valence-electron chi connectivity index (χ3n) is 4.84. The van der Waals surface area contributed by atoms with Crippen LogP contribution in [0.25, 0.3) is 0 Å². The average molecular weight is 361 g/mol. The first-order valence-corrected chi connectivity index (χ1v) is 8.78. The molecule has 0 aliphatic carbocycles. The molecule has 0 aromatic heterocycles. The first-order chi connectivity index (χ1) is 12.7. The zero-order valence-electron chi connectivity index (χ0n) is 15.5. The normalized spacial score (nSPS) is 15.0. The number of rotatable bonds is 6. The summed E-state index contributed by atoms with van der Waals surface area (Å²) in [5, 5.41) is 0. The van der Waals surface area contributed by atoms with Gasteiger partial charge >= 0.3 is 0 Å². The molecule has 0 radical (unpaired) electrons. The van der Waals surface area contributed by atoms with Crippen molar-refractivity contribution in [3.63, 3.8) is 0 Å². The van der Waals surface area contributed by atoms with Gasteiger partial charge in [-0.25, -0.2) is 4.39 Å². The molecule has 0 unspecified atom stereocenters. The number of benzene rings is 2. The molecular weight excluding hydrogens is 335 g/mol. The summed E-state index contributed by atoms with van der Waals surface area (Å²) >= 11 is 0. The number of nitrogens with one attached hydrogen (secondary N) is 1. The van der Waals surface area contributed by atoms with E-state index in [9.17, 15) is 4.39 Å². The van der Waals surface area contributed by atoms with Crippen molar-refractivity contribution in [2.24, 2.45) is 0 Å². The summed E-state index contributed by atoms with van der Waals surface area (Å²) in [6, 6.07) is 11.0. The molecule has 1 saturated heterocycles. The zero-order chi connectivity index (χ0) is 18.5. The molecule has 1 heterocycles. The topological polar surface area (TPSA) is 35.4 Å². The first-order valence-electron chi connectivity index (χ1n) is 8.78. The quantitative estimate of drug-likeness (QED) is 0.851. The average Bonchev–Trinajstić information content (AvgIpc) is 2.68. The molecule has 0 atom stereocenters. The number of hydrogen-bond donors (Lipinski definition) is 1. The monoisotopic (exact) mass is 361 g/mol. The van der Waals surface area contributed by atoms with Gasteiger partial charge in [0.2, 0.25) is 5.75 Å². The van der Waals surface area contributed by atoms with Crippen molar-refractivity contribution in [2.45, 2.75) is 6.54 Å². The maximum atomic E-state index is 14.0. The lowest BCUT2D eigenvalue weighted by molar-refractivity contribution is -0.914. The number of halogens is 1. The Morgan fingerprint density at radius 1 is 0.962 bits per heavy atom. The largest absolute Gasteiger partial charge is 0.493 e. The predicted octanol–water partition coefficient (Wildman–Crippen LogP) is 1.76. The van der Waals surface area contributed by atoms with Gasteiger partial charge in [0.15, 0.2) is 11.5 Å². The van der Waals surface area contributed by atoms with Crippen LogP contribution in [0.3, 0.4) is 0 Å². The highest BCUT2D eigenvalue weighted by Crippen LogP contribution is 2.38. The Kier molecular flexibility index (Phi) is 5.83. The van der Waals surface area contributed by atoms with E-state index < -0.39 is 0 Å². The highest BCUT2D eigenvalue weighted by Gasteiger charge is 2.23. The van der Waals surface area contributed by atoms with E-state index in [4.69, 9.17) is 14.2 Å². The van der Waals surface area contributed by atoms with Crippen LogP contribution in [0.15, 0.2) is 36.4 Å². The van der Waals surface area contributed by atoms with E-state index in [0.29, 0.717) is 22.9 Å². The van der Waals surface area contributed by atoms with Gasteiger partial charge in [-0.15, -0.1) is 0 Å². The molecule has 1 N–H and O–H groups in total. The van der Waals surface area contributed by atoms with Gasteiger partial charge in [0.1, 0.15) is 12.4 Å². The van der Waals surface area contributed by atoms with E-state index >= 15 is 0 Å². The third-order valence-corrected chi connectivity index (χ3v) is 4.84. The maximum absolute atomic E-state index is 14.0. The van der Waals surface area contributed by atoms with Crippen molar-refractivity contribution in [1.82, 2.24) is 0 Å². The molecule has 3 rings (SSSR count). The van der Waals surface area contributed by atoms with Crippen LogP contribution in [0.2, 0.25) is 0 Å². The lowest BCUT2D eigenvalue weighted by atomic mass is 10.1. The summed E-state index contributed by atoms with van der Waals surface area (Å²) in [6.07, 6.45) is 0. The van der Waals surface area contributed by atoms with E-state index in [0.717, 1.165) is 38.3 Å². The summed E-state index contributed by atoms with van der Waals surface area (Å²) < 4.78 is 30.2. The van der Waals surface area contributed by atoms with E-state index in [1.807, 2.05) is 24.3 Å². The minimum atomic E-state index is -0.152. The van der Waals surface area contributed by atoms with Crippen LogP contribution >= 0.6 is 0 Å². The van der Waals surface area contributed by atoms with Crippen LogP contribution in [0.5, 0.6) is 17.2 Å². The van der Waals surface area contributed by atoms with Crippen LogP contribution in [0.1, 0.15) is 5.56 Å². The van der Waals surface area contributed by atoms with Crippen molar-refractivity contribution in [3.8, 4) is 17.2 Å². The van der Waals surface area contributed by atoms with E-state index in [2.05, 4.69) is 4.90 Å². The number of anilines is 1. The van der Waals surface area contributed by atoms with Crippen LogP contribution < -0.4 is 24.0 Å². The summed E-state index contributed by atoms with van der Waals surface area (Å²) in [4.78, 5) is 3.57. The molecule has 2 aromatic rings. The van der Waals surface area contributed by atoms with Crippen molar-refractivity contribution >= 4 is 5.69 Å². The smallest absolute Gasteiger partial charge is 0.203 e. The fourth-order valence-electron chi connectivity index (χ4n) is 3.47. The van der Waals surface area contributed by atoms with E-state index in [1.54, 1.807) is 27.4 Å². The zero-order valence-corrected chi connectivity index (χ0v) is 15.5. The predicted molar refractivity (Wildman–Crippen MR) is 99.1 cm³/mol. The van der Waals surface area contributed by atoms with E-state index in [-0.39, 0.29) is 5.82 Å². The number of methoxy groups -OCH3 is 3. The van der Waals surface area contributed by atoms with Crippen molar-refractivity contribution in [3.05, 3.63) is 47.8 Å². The van der Waals surface area contributed by atoms with Crippen molar-refractivity contribution in [1.29, 1.82) is 0 Å². The lowest BCUT2D eigenvalue weighted by Crippen LogP contribution is -3.13. The number of ether oxygens (including phenoxy) is 3. The van der Waals surface area contributed by atoms with E-state index in [1.165, 1.54) is 11.0 Å². The molecule has 140 valence electrons. The second-order valence-electron chi connectivity index (χ2n) is 6.40. The fourth-order valence-corrected chi connectivity index (χ4v) is 3.47. The van der Waals surface area contributed by atoms with Gasteiger partial charge in [0, 0.05) is 5.56 Å². The molecular formula is C20H26FN2O3+. The molecule has 5 nitrogen and oxygen atoms in total. The van der Waals surface area contributed by atoms with Crippen molar-refractivity contribution in [2.75, 3.05) is 52.4 Å². The maximum Gasteiger partial charge on any atom is 0.203 e. The summed E-state index contributed by atoms with van der Waals surface area (Å²) in [5.74, 6) is 1.80. The second-order valence-corrected chi connectivity index (χ2v) is 6.40. The number of hydrogen-bond acceptors (Lipinski definition) is 4. The molecule has 1 aliphatic rings. The Morgan fingerprint density at radius 3 is 2.12 bits per heavy atom. The van der Waals surface area contributed by atoms with Gasteiger partial charge in [0.25, 0.3) is 0 Å². The van der Waals surface area contributed by atoms with Gasteiger partial charge in [-0.05, 0) is 24.3 Å². The van der Waals surface area contributed by atoms with Crippen LogP contribution in [0, 0.1) is 5.82 Å². The van der Waals surface area contributed by atoms with Crippen LogP contribution in [-0.2, 0) is 6.54 Å². The van der Waals surface area contributed by atoms with Gasteiger partial charge in [-0.3, -0.25) is 0 Å². The third kappa shape index (κ3) is 3.85. The molecule has 2 aromatic carbocycles. The lowest BCUT2D eigenvalue weighted by Gasteiger charge is -2.34. The van der Waals surface area contributed by atoms with Crippen molar-refractivity contribution < 1.29 is 23.5 Å². The van der Waals surface area contributed by atoms with Gasteiger partial charge in [-0.1, -0.05) is 12.1 Å². The molecule has 0 saturated carbocycles. The summed E-state index contributed by atoms with van der Waals surface area (Å²) in [7, 11) is 4.86. The summed E-state index contributed by atoms with van der Waals surface area (Å²) in [6.45, 7) is 4.43. The Balaban J connectivity index is 1.67. The Labute approximate surface area is 153 Å². The Hall–Kier alpha value is -2.47. The number of piperazine rings is 1. The highest BCUT2D eigenvalue weighted by atomic mass is 19.1. The van der Waals surface area contributed by atoms with Crippen LogP contribution in [-0.4, -0.2) is 47.5 Å². The molecule has 0 spiro atoms. The summed E-state index contributed by atoms with van der Waals surface area (Å²) in [5.41, 5.74) is 1.83. The molecule has 0 bridgehead atoms. The number of nitrogens with zero attached hydrogens (tertiary/aromatic N) is 1. The molecule has 1 fully saturated rings. The standard InChI is InChI=1S/C20H25FN2O3/c1-24-18-12-15(13-19(25-2)20(18)26-3)14-22-8-10-23(11-9-22)17-7-5-4-6-16(17)21/h4-7,12-13H,8-11,14H2,1-3H3/p+1. The molecule has 0 amide bonds. The van der Waals surface area contributed by atoms with Crippen LogP contribution in [0.4, 0.5) is 10.1 Å². The fraction of sp³-hybridized carbons (Fsp3) is 0.400. The van der Waals surface area contributed by atoms with Gasteiger partial charge in [-0.2, -0.15) is 0 Å². The molecule has 6 heteroatoms. The first kappa shape index (κ1) is 18.3. The second kappa shape index (κ2) is 8.27. The molecule has 1 aliphatic heterocycles. The highest BCUT2D eigenvalue weighted by molar-refractivity contribution is 5.53. The number of para-hydroxylation sites is 1. The van der Waals surface area contributed by atoms with Gasteiger partial charge in [0.05, 0.1) is 53.2 Å². The SMILES string of the molecule is COc1cc(C[NH+]2CCN(c3ccccc3F)CC2)cc(OC)c1OC. The number of quaternary nitrogens is 1. The Bertz CT molecular complexity index is 721.